The number of hydrogen-bond acceptors (Lipinski definition) is 3. The van der Waals surface area contributed by atoms with E-state index in [4.69, 9.17) is 4.74 Å². The second-order valence-corrected chi connectivity index (χ2v) is 7.31. The Morgan fingerprint density at radius 3 is 2.30 bits per heavy atom. The summed E-state index contributed by atoms with van der Waals surface area (Å²) in [7, 11) is -2.24. The summed E-state index contributed by atoms with van der Waals surface area (Å²) >= 11 is 0. The summed E-state index contributed by atoms with van der Waals surface area (Å²) in [5.74, 6) is 0.354. The molecule has 1 N–H and O–H groups in total. The average molecular weight is 333 g/mol. The number of sulfonamides is 1. The van der Waals surface area contributed by atoms with Crippen LogP contribution in [0.1, 0.15) is 29.2 Å². The molecule has 2 aromatic rings. The van der Waals surface area contributed by atoms with E-state index in [1.165, 1.54) is 7.11 Å². The molecule has 0 spiro atoms. The van der Waals surface area contributed by atoms with E-state index in [0.717, 1.165) is 28.7 Å². The van der Waals surface area contributed by atoms with E-state index in [9.17, 15) is 8.42 Å². The van der Waals surface area contributed by atoms with Gasteiger partial charge in [-0.2, -0.15) is 0 Å². The van der Waals surface area contributed by atoms with E-state index < -0.39 is 10.0 Å². The van der Waals surface area contributed by atoms with Crippen molar-refractivity contribution in [3.63, 3.8) is 0 Å². The molecule has 0 aromatic heterocycles. The maximum absolute atomic E-state index is 12.9. The topological polar surface area (TPSA) is 55.4 Å². The van der Waals surface area contributed by atoms with Crippen LogP contribution >= 0.6 is 0 Å². The lowest BCUT2D eigenvalue weighted by molar-refractivity contribution is 0.402. The van der Waals surface area contributed by atoms with Crippen molar-refractivity contribution in [1.82, 2.24) is 0 Å². The molecule has 5 heteroatoms. The molecule has 0 radical (unpaired) electrons. The average Bonchev–Trinajstić information content (AvgIpc) is 2.51. The van der Waals surface area contributed by atoms with Gasteiger partial charge in [0.2, 0.25) is 0 Å². The zero-order valence-corrected chi connectivity index (χ0v) is 15.0. The maximum Gasteiger partial charge on any atom is 0.265 e. The summed E-state index contributed by atoms with van der Waals surface area (Å²) in [5, 5.41) is 0. The third-order valence-electron chi connectivity index (χ3n) is 4.05. The van der Waals surface area contributed by atoms with Crippen LogP contribution in [-0.4, -0.2) is 15.5 Å². The zero-order chi connectivity index (χ0) is 17.2. The van der Waals surface area contributed by atoms with E-state index in [-0.39, 0.29) is 4.90 Å². The number of para-hydroxylation sites is 1. The molecule has 23 heavy (non-hydrogen) atoms. The van der Waals surface area contributed by atoms with Gasteiger partial charge in [-0.1, -0.05) is 25.1 Å². The molecule has 0 aliphatic carbocycles. The summed E-state index contributed by atoms with van der Waals surface area (Å²) in [5.41, 5.74) is 4.42. The van der Waals surface area contributed by atoms with Gasteiger partial charge in [-0.3, -0.25) is 4.72 Å². The fraction of sp³-hybridized carbons (Fsp3) is 0.333. The van der Waals surface area contributed by atoms with Crippen LogP contribution in [0, 0.1) is 20.8 Å². The Balaban J connectivity index is 2.55. The van der Waals surface area contributed by atoms with Gasteiger partial charge >= 0.3 is 0 Å². The van der Waals surface area contributed by atoms with E-state index in [2.05, 4.69) is 4.72 Å². The molecule has 4 nitrogen and oxygen atoms in total. The summed E-state index contributed by atoms with van der Waals surface area (Å²) in [4.78, 5) is 0.161. The molecule has 2 rings (SSSR count). The lowest BCUT2D eigenvalue weighted by Crippen LogP contribution is -2.16. The number of benzene rings is 2. The fourth-order valence-electron chi connectivity index (χ4n) is 2.49. The van der Waals surface area contributed by atoms with Crippen molar-refractivity contribution >= 4 is 15.7 Å². The minimum absolute atomic E-state index is 0.161. The van der Waals surface area contributed by atoms with E-state index in [0.29, 0.717) is 11.4 Å². The Morgan fingerprint density at radius 2 is 1.70 bits per heavy atom. The normalized spacial score (nSPS) is 11.3. The van der Waals surface area contributed by atoms with Crippen molar-refractivity contribution < 1.29 is 13.2 Å². The lowest BCUT2D eigenvalue weighted by atomic mass is 10.1. The fourth-order valence-corrected chi connectivity index (χ4v) is 3.90. The van der Waals surface area contributed by atoms with Gasteiger partial charge in [0.15, 0.2) is 0 Å². The van der Waals surface area contributed by atoms with Crippen LogP contribution in [-0.2, 0) is 16.4 Å². The maximum atomic E-state index is 12.9. The van der Waals surface area contributed by atoms with Crippen molar-refractivity contribution in [3.8, 4) is 5.75 Å². The first-order valence-electron chi connectivity index (χ1n) is 7.56. The molecule has 0 saturated carbocycles. The molecule has 0 aliphatic rings. The number of methoxy groups -OCH3 is 1. The minimum Gasteiger partial charge on any atom is -0.495 e. The molecular weight excluding hydrogens is 310 g/mol. The van der Waals surface area contributed by atoms with Crippen molar-refractivity contribution in [2.45, 2.75) is 39.0 Å². The Bertz CT molecular complexity index is 826. The first-order chi connectivity index (χ1) is 10.8. The molecular formula is C18H23NO3S. The highest BCUT2D eigenvalue weighted by Crippen LogP contribution is 2.31. The van der Waals surface area contributed by atoms with Crippen LogP contribution in [0.2, 0.25) is 0 Å². The number of ether oxygens (including phenoxy) is 1. The number of rotatable bonds is 5. The molecule has 0 atom stereocenters. The minimum atomic E-state index is -3.73. The molecule has 124 valence electrons. The Labute approximate surface area is 138 Å². The second kappa shape index (κ2) is 6.62. The van der Waals surface area contributed by atoms with Crippen LogP contribution in [0.25, 0.3) is 0 Å². The molecule has 0 fully saturated rings. The van der Waals surface area contributed by atoms with Gasteiger partial charge in [-0.05, 0) is 61.6 Å². The third-order valence-corrected chi connectivity index (χ3v) is 5.42. The first-order valence-corrected chi connectivity index (χ1v) is 9.05. The van der Waals surface area contributed by atoms with Crippen molar-refractivity contribution in [3.05, 3.63) is 52.6 Å². The predicted molar refractivity (Wildman–Crippen MR) is 93.8 cm³/mol. The van der Waals surface area contributed by atoms with Crippen LogP contribution in [0.4, 0.5) is 5.69 Å². The number of hydrogen-bond donors (Lipinski definition) is 1. The molecule has 0 unspecified atom stereocenters. The number of anilines is 1. The molecule has 2 aromatic carbocycles. The highest BCUT2D eigenvalue weighted by atomic mass is 32.2. The Hall–Kier alpha value is -2.01. The standard InChI is InChI=1S/C18H23NO3S/c1-6-15-9-7-8-12(2)18(15)19-23(20,21)17-11-14(4)13(3)10-16(17)22-5/h7-11,19H,6H2,1-5H3. The van der Waals surface area contributed by atoms with Gasteiger partial charge in [0.25, 0.3) is 10.0 Å². The van der Waals surface area contributed by atoms with Crippen LogP contribution in [0.3, 0.4) is 0 Å². The molecule has 0 amide bonds. The Morgan fingerprint density at radius 1 is 1.04 bits per heavy atom. The smallest absolute Gasteiger partial charge is 0.265 e. The van der Waals surface area contributed by atoms with Gasteiger partial charge in [0, 0.05) is 0 Å². The SMILES string of the molecule is CCc1cccc(C)c1NS(=O)(=O)c1cc(C)c(C)cc1OC. The van der Waals surface area contributed by atoms with Gasteiger partial charge in [0.05, 0.1) is 12.8 Å². The van der Waals surface area contributed by atoms with Crippen molar-refractivity contribution in [1.29, 1.82) is 0 Å². The monoisotopic (exact) mass is 333 g/mol. The van der Waals surface area contributed by atoms with Gasteiger partial charge in [-0.15, -0.1) is 0 Å². The van der Waals surface area contributed by atoms with Crippen molar-refractivity contribution in [2.75, 3.05) is 11.8 Å². The molecule has 0 aliphatic heterocycles. The molecule has 0 bridgehead atoms. The highest BCUT2D eigenvalue weighted by Gasteiger charge is 2.22. The summed E-state index contributed by atoms with van der Waals surface area (Å²) in [6.45, 7) is 7.72. The first kappa shape index (κ1) is 17.3. The van der Waals surface area contributed by atoms with E-state index in [1.54, 1.807) is 12.1 Å². The van der Waals surface area contributed by atoms with E-state index in [1.807, 2.05) is 45.9 Å². The molecule has 0 heterocycles. The molecule has 0 saturated heterocycles. The Kier molecular flexibility index (Phi) is 5.00. The number of aryl methyl sites for hydroxylation is 4. The summed E-state index contributed by atoms with van der Waals surface area (Å²) in [6, 6.07) is 9.17. The zero-order valence-electron chi connectivity index (χ0n) is 14.2. The lowest BCUT2D eigenvalue weighted by Gasteiger charge is -2.17. The van der Waals surface area contributed by atoms with Gasteiger partial charge in [0.1, 0.15) is 10.6 Å². The van der Waals surface area contributed by atoms with Crippen molar-refractivity contribution in [2.24, 2.45) is 0 Å². The van der Waals surface area contributed by atoms with Gasteiger partial charge < -0.3 is 4.74 Å². The van der Waals surface area contributed by atoms with Crippen LogP contribution in [0.5, 0.6) is 5.75 Å². The highest BCUT2D eigenvalue weighted by molar-refractivity contribution is 7.92. The van der Waals surface area contributed by atoms with Gasteiger partial charge in [-0.25, -0.2) is 8.42 Å². The summed E-state index contributed by atoms with van der Waals surface area (Å²) < 4.78 is 33.8. The largest absolute Gasteiger partial charge is 0.495 e. The van der Waals surface area contributed by atoms with E-state index >= 15 is 0 Å². The van der Waals surface area contributed by atoms with Crippen LogP contribution in [0.15, 0.2) is 35.2 Å². The second-order valence-electron chi connectivity index (χ2n) is 5.66. The predicted octanol–water partition coefficient (Wildman–Crippen LogP) is 3.98. The quantitative estimate of drug-likeness (QED) is 0.900. The third kappa shape index (κ3) is 3.50. The van der Waals surface area contributed by atoms with Crippen LogP contribution < -0.4 is 9.46 Å². The summed E-state index contributed by atoms with van der Waals surface area (Å²) in [6.07, 6.45) is 0.754. The number of nitrogens with one attached hydrogen (secondary N) is 1.